The van der Waals surface area contributed by atoms with Crippen molar-refractivity contribution in [3.8, 4) is 11.5 Å². The lowest BCUT2D eigenvalue weighted by molar-refractivity contribution is 0.104. The molecule has 2 aromatic carbocycles. The standard InChI is InChI=1S/C20H16O5S/c1-3-10-24-17-12-19-18(25-20(22)26-19)11-15(17)16(21)9-6-13-4-7-14(23-2)8-5-13/h3-9,11-12H,1,10H2,2H3/b9-6+. The molecule has 0 saturated heterocycles. The first-order valence-corrected chi connectivity index (χ1v) is 8.60. The van der Waals surface area contributed by atoms with E-state index in [0.717, 1.165) is 22.6 Å². The number of hydrogen-bond acceptors (Lipinski definition) is 6. The molecule has 0 unspecified atom stereocenters. The van der Waals surface area contributed by atoms with Crippen molar-refractivity contribution in [2.75, 3.05) is 13.7 Å². The van der Waals surface area contributed by atoms with Crippen molar-refractivity contribution in [2.45, 2.75) is 0 Å². The van der Waals surface area contributed by atoms with Gasteiger partial charge in [0, 0.05) is 6.07 Å². The van der Waals surface area contributed by atoms with Crippen molar-refractivity contribution in [2.24, 2.45) is 0 Å². The molecule has 0 spiro atoms. The predicted molar refractivity (Wildman–Crippen MR) is 102 cm³/mol. The van der Waals surface area contributed by atoms with Gasteiger partial charge in [-0.15, -0.1) is 0 Å². The fourth-order valence-corrected chi connectivity index (χ4v) is 3.02. The normalized spacial score (nSPS) is 11.0. The summed E-state index contributed by atoms with van der Waals surface area (Å²) in [5, 5.41) is 0. The zero-order valence-electron chi connectivity index (χ0n) is 14.1. The molecule has 0 fully saturated rings. The van der Waals surface area contributed by atoms with Crippen LogP contribution < -0.4 is 14.4 Å². The second-order valence-corrected chi connectivity index (χ2v) is 6.30. The van der Waals surface area contributed by atoms with Crippen molar-refractivity contribution in [3.63, 3.8) is 0 Å². The van der Waals surface area contributed by atoms with E-state index in [-0.39, 0.29) is 12.4 Å². The maximum atomic E-state index is 12.6. The summed E-state index contributed by atoms with van der Waals surface area (Å²) in [6.07, 6.45) is 4.74. The van der Waals surface area contributed by atoms with Crippen LogP contribution in [0.15, 0.2) is 64.3 Å². The molecule has 0 aliphatic heterocycles. The third kappa shape index (κ3) is 3.92. The molecule has 3 rings (SSSR count). The lowest BCUT2D eigenvalue weighted by Gasteiger charge is -2.08. The summed E-state index contributed by atoms with van der Waals surface area (Å²) in [6, 6.07) is 10.5. The Morgan fingerprint density at radius 2 is 2.04 bits per heavy atom. The van der Waals surface area contributed by atoms with Gasteiger partial charge in [-0.25, -0.2) is 4.79 Å². The third-order valence-electron chi connectivity index (χ3n) is 3.60. The number of fused-ring (bicyclic) bond motifs is 1. The Labute approximate surface area is 153 Å². The van der Waals surface area contributed by atoms with Crippen molar-refractivity contribution in [1.82, 2.24) is 0 Å². The van der Waals surface area contributed by atoms with Gasteiger partial charge in [0.05, 0.1) is 17.4 Å². The van der Waals surface area contributed by atoms with E-state index >= 15 is 0 Å². The number of ether oxygens (including phenoxy) is 2. The van der Waals surface area contributed by atoms with Crippen LogP contribution in [0.2, 0.25) is 0 Å². The van der Waals surface area contributed by atoms with Crippen LogP contribution in [0.5, 0.6) is 11.5 Å². The Hall–Kier alpha value is -3.12. The highest BCUT2D eigenvalue weighted by Crippen LogP contribution is 2.29. The van der Waals surface area contributed by atoms with E-state index in [1.54, 1.807) is 25.3 Å². The summed E-state index contributed by atoms with van der Waals surface area (Å²) in [4.78, 5) is 23.7. The number of allylic oxidation sites excluding steroid dienone is 1. The Kier molecular flexibility index (Phi) is 5.34. The minimum atomic E-state index is -0.423. The largest absolute Gasteiger partial charge is 0.497 e. The number of ketones is 1. The first kappa shape index (κ1) is 17.7. The Morgan fingerprint density at radius 1 is 1.27 bits per heavy atom. The summed E-state index contributed by atoms with van der Waals surface area (Å²) in [5.74, 6) is 0.876. The van der Waals surface area contributed by atoms with Crippen LogP contribution in [-0.2, 0) is 0 Å². The van der Waals surface area contributed by atoms with E-state index in [4.69, 9.17) is 13.9 Å². The molecule has 0 aliphatic rings. The summed E-state index contributed by atoms with van der Waals surface area (Å²) in [6.45, 7) is 3.86. The fraction of sp³-hybridized carbons (Fsp3) is 0.100. The van der Waals surface area contributed by atoms with Gasteiger partial charge in [-0.1, -0.05) is 42.2 Å². The van der Waals surface area contributed by atoms with Crippen molar-refractivity contribution >= 4 is 33.5 Å². The average molecular weight is 368 g/mol. The number of methoxy groups -OCH3 is 1. The molecule has 3 aromatic rings. The van der Waals surface area contributed by atoms with Gasteiger partial charge in [0.25, 0.3) is 0 Å². The Balaban J connectivity index is 1.92. The van der Waals surface area contributed by atoms with E-state index in [9.17, 15) is 9.59 Å². The molecule has 0 aliphatic carbocycles. The lowest BCUT2D eigenvalue weighted by atomic mass is 10.1. The molecular weight excluding hydrogens is 352 g/mol. The van der Waals surface area contributed by atoms with Gasteiger partial charge in [-0.2, -0.15) is 0 Å². The molecular formula is C20H16O5S. The van der Waals surface area contributed by atoms with E-state index in [1.165, 1.54) is 12.1 Å². The molecule has 0 saturated carbocycles. The SMILES string of the molecule is C=CCOc1cc2sc(=O)oc2cc1C(=O)/C=C/c1ccc(OC)cc1. The first-order valence-electron chi connectivity index (χ1n) is 7.78. The fourth-order valence-electron chi connectivity index (χ4n) is 2.34. The Bertz CT molecular complexity index is 1020. The topological polar surface area (TPSA) is 65.7 Å². The molecule has 0 N–H and O–H groups in total. The van der Waals surface area contributed by atoms with Gasteiger partial charge < -0.3 is 13.9 Å². The maximum Gasteiger partial charge on any atom is 0.396 e. The maximum absolute atomic E-state index is 12.6. The average Bonchev–Trinajstić information content (AvgIpc) is 3.02. The minimum Gasteiger partial charge on any atom is -0.497 e. The summed E-state index contributed by atoms with van der Waals surface area (Å²) in [7, 11) is 1.60. The van der Waals surface area contributed by atoms with Gasteiger partial charge in [-0.3, -0.25) is 4.79 Å². The monoisotopic (exact) mass is 368 g/mol. The molecule has 26 heavy (non-hydrogen) atoms. The van der Waals surface area contributed by atoms with Crippen molar-refractivity contribution in [1.29, 1.82) is 0 Å². The lowest BCUT2D eigenvalue weighted by Crippen LogP contribution is -2.02. The second kappa shape index (κ2) is 7.84. The van der Waals surface area contributed by atoms with Gasteiger partial charge in [-0.05, 0) is 29.8 Å². The molecule has 0 bridgehead atoms. The van der Waals surface area contributed by atoms with E-state index in [2.05, 4.69) is 6.58 Å². The van der Waals surface area contributed by atoms with Crippen LogP contribution in [-0.4, -0.2) is 19.5 Å². The smallest absolute Gasteiger partial charge is 0.396 e. The van der Waals surface area contributed by atoms with E-state index in [1.807, 2.05) is 24.3 Å². The molecule has 0 amide bonds. The number of carbonyl (C=O) groups excluding carboxylic acids is 1. The van der Waals surface area contributed by atoms with Gasteiger partial charge >= 0.3 is 4.94 Å². The summed E-state index contributed by atoms with van der Waals surface area (Å²) < 4.78 is 16.4. The highest BCUT2D eigenvalue weighted by Gasteiger charge is 2.15. The first-order chi connectivity index (χ1) is 12.6. The van der Waals surface area contributed by atoms with Crippen LogP contribution >= 0.6 is 11.3 Å². The van der Waals surface area contributed by atoms with Gasteiger partial charge in [0.2, 0.25) is 0 Å². The second-order valence-electron chi connectivity index (χ2n) is 5.32. The number of carbonyl (C=O) groups is 1. The molecule has 5 nitrogen and oxygen atoms in total. The molecule has 0 atom stereocenters. The minimum absolute atomic E-state index is 0.251. The van der Waals surface area contributed by atoms with Crippen LogP contribution in [0.1, 0.15) is 15.9 Å². The highest BCUT2D eigenvalue weighted by atomic mass is 32.1. The van der Waals surface area contributed by atoms with Crippen molar-refractivity contribution < 1.29 is 18.7 Å². The zero-order valence-corrected chi connectivity index (χ0v) is 14.9. The van der Waals surface area contributed by atoms with Crippen LogP contribution in [0.4, 0.5) is 0 Å². The van der Waals surface area contributed by atoms with Crippen LogP contribution in [0.3, 0.4) is 0 Å². The molecule has 1 aromatic heterocycles. The summed E-state index contributed by atoms with van der Waals surface area (Å²) in [5.41, 5.74) is 1.55. The molecule has 0 radical (unpaired) electrons. The number of benzene rings is 2. The van der Waals surface area contributed by atoms with E-state index in [0.29, 0.717) is 21.6 Å². The highest BCUT2D eigenvalue weighted by molar-refractivity contribution is 7.16. The molecule has 6 heteroatoms. The van der Waals surface area contributed by atoms with Crippen LogP contribution in [0, 0.1) is 0 Å². The van der Waals surface area contributed by atoms with Crippen LogP contribution in [0.25, 0.3) is 16.4 Å². The number of hydrogen-bond donors (Lipinski definition) is 0. The van der Waals surface area contributed by atoms with E-state index < -0.39 is 4.94 Å². The molecule has 1 heterocycles. The zero-order chi connectivity index (χ0) is 18.5. The molecule has 132 valence electrons. The van der Waals surface area contributed by atoms with Crippen molar-refractivity contribution in [3.05, 3.63) is 76.0 Å². The third-order valence-corrected chi connectivity index (χ3v) is 4.39. The summed E-state index contributed by atoms with van der Waals surface area (Å²) >= 11 is 0.965. The Morgan fingerprint density at radius 3 is 2.73 bits per heavy atom. The predicted octanol–water partition coefficient (Wildman–Crippen LogP) is 4.32. The number of rotatable bonds is 7. The quantitative estimate of drug-likeness (QED) is 0.353. The van der Waals surface area contributed by atoms with Gasteiger partial charge in [0.1, 0.15) is 18.1 Å². The van der Waals surface area contributed by atoms with Gasteiger partial charge in [0.15, 0.2) is 11.4 Å².